The van der Waals surface area contributed by atoms with E-state index in [-0.39, 0.29) is 0 Å². The van der Waals surface area contributed by atoms with Crippen LogP contribution in [0.2, 0.25) is 0 Å². The zero-order chi connectivity index (χ0) is 29.3. The second kappa shape index (κ2) is 32.0. The monoisotopic (exact) mass is 572 g/mol. The Balaban J connectivity index is 1.97. The Labute approximate surface area is 259 Å². The van der Waals surface area contributed by atoms with Crippen molar-refractivity contribution >= 4 is 0 Å². The highest BCUT2D eigenvalue weighted by molar-refractivity contribution is 4.84. The van der Waals surface area contributed by atoms with Gasteiger partial charge in [-0.2, -0.15) is 4.57 Å². The molecule has 0 aliphatic rings. The Morgan fingerprint density at radius 3 is 1.07 bits per heavy atom. The fraction of sp³-hybridized carbons (Fsp3) is 0.872. The molecule has 1 N–H and O–H groups in total. The van der Waals surface area contributed by atoms with E-state index in [9.17, 15) is 0 Å². The molecule has 0 spiro atoms. The van der Waals surface area contributed by atoms with Crippen molar-refractivity contribution < 1.29 is 4.57 Å². The molecule has 1 rings (SSSR count). The highest BCUT2D eigenvalue weighted by Crippen LogP contribution is 2.16. The van der Waals surface area contributed by atoms with Gasteiger partial charge in [-0.3, -0.25) is 5.32 Å². The van der Waals surface area contributed by atoms with E-state index in [0.29, 0.717) is 6.17 Å². The van der Waals surface area contributed by atoms with Gasteiger partial charge in [-0.15, -0.1) is 0 Å². The number of hydrogen-bond donors (Lipinski definition) is 1. The van der Waals surface area contributed by atoms with Gasteiger partial charge in [0.25, 0.3) is 0 Å². The molecule has 41 heavy (non-hydrogen) atoms. The first-order valence-electron chi connectivity index (χ1n) is 19.1. The average molecular weight is 572 g/mol. The van der Waals surface area contributed by atoms with E-state index in [1.54, 1.807) is 0 Å². The number of unbranched alkanes of at least 4 members (excludes halogenated alkanes) is 27. The maximum absolute atomic E-state index is 3.89. The van der Waals surface area contributed by atoms with Crippen LogP contribution in [-0.2, 0) is 0 Å². The summed E-state index contributed by atoms with van der Waals surface area (Å²) in [4.78, 5) is 0. The van der Waals surface area contributed by atoms with Crippen molar-refractivity contribution in [3.8, 4) is 0 Å². The predicted octanol–water partition coefficient (Wildman–Crippen LogP) is 12.8. The minimum absolute atomic E-state index is 0.458. The molecule has 1 heterocycles. The Morgan fingerprint density at radius 2 is 0.707 bits per heavy atom. The molecule has 0 radical (unpaired) electrons. The third kappa shape index (κ3) is 26.5. The summed E-state index contributed by atoms with van der Waals surface area (Å²) in [6.45, 7) is 5.77. The van der Waals surface area contributed by atoms with Crippen LogP contribution in [0.5, 0.6) is 0 Å². The molecule has 2 nitrogen and oxygen atoms in total. The summed E-state index contributed by atoms with van der Waals surface area (Å²) in [6.07, 6.45) is 47.8. The second-order valence-electron chi connectivity index (χ2n) is 13.1. The van der Waals surface area contributed by atoms with Crippen LogP contribution in [0.15, 0.2) is 30.6 Å². The van der Waals surface area contributed by atoms with Crippen LogP contribution in [-0.4, -0.2) is 6.54 Å². The summed E-state index contributed by atoms with van der Waals surface area (Å²) in [5, 5.41) is 3.89. The van der Waals surface area contributed by atoms with Crippen molar-refractivity contribution in [2.75, 3.05) is 6.54 Å². The molecule has 0 bridgehead atoms. The minimum atomic E-state index is 0.458. The highest BCUT2D eigenvalue weighted by atomic mass is 15.1. The number of aromatic nitrogens is 1. The maximum Gasteiger partial charge on any atom is 0.211 e. The summed E-state index contributed by atoms with van der Waals surface area (Å²) in [5.41, 5.74) is 0. The maximum atomic E-state index is 3.89. The first-order valence-corrected chi connectivity index (χ1v) is 19.1. The lowest BCUT2D eigenvalue weighted by molar-refractivity contribution is -0.729. The Morgan fingerprint density at radius 1 is 0.390 bits per heavy atom. The molecule has 1 aromatic rings. The van der Waals surface area contributed by atoms with Gasteiger partial charge < -0.3 is 0 Å². The highest BCUT2D eigenvalue weighted by Gasteiger charge is 2.16. The van der Waals surface area contributed by atoms with Crippen LogP contribution < -0.4 is 9.88 Å². The third-order valence-corrected chi connectivity index (χ3v) is 9.09. The molecule has 0 aliphatic carbocycles. The molecule has 240 valence electrons. The summed E-state index contributed by atoms with van der Waals surface area (Å²) in [5.74, 6) is 0. The topological polar surface area (TPSA) is 15.9 Å². The van der Waals surface area contributed by atoms with Crippen molar-refractivity contribution in [2.45, 2.75) is 213 Å². The zero-order valence-electron chi connectivity index (χ0n) is 28.3. The van der Waals surface area contributed by atoms with E-state index in [4.69, 9.17) is 0 Å². The number of nitrogens with zero attached hydrogens (tertiary/aromatic N) is 1. The number of pyridine rings is 1. The van der Waals surface area contributed by atoms with Gasteiger partial charge in [0.2, 0.25) is 6.17 Å². The van der Waals surface area contributed by atoms with Gasteiger partial charge in [0.05, 0.1) is 0 Å². The third-order valence-electron chi connectivity index (χ3n) is 9.09. The molecular weight excluding hydrogens is 496 g/mol. The van der Waals surface area contributed by atoms with Crippen molar-refractivity contribution in [1.29, 1.82) is 0 Å². The lowest BCUT2D eigenvalue weighted by Gasteiger charge is -2.14. The molecule has 0 saturated carbocycles. The number of nitrogens with one attached hydrogen (secondary N) is 1. The molecule has 1 aromatic heterocycles. The molecular formula is C39H75N2+. The van der Waals surface area contributed by atoms with Crippen molar-refractivity contribution in [3.05, 3.63) is 30.6 Å². The van der Waals surface area contributed by atoms with Crippen molar-refractivity contribution in [3.63, 3.8) is 0 Å². The molecule has 0 saturated heterocycles. The summed E-state index contributed by atoms with van der Waals surface area (Å²) < 4.78 is 2.40. The minimum Gasteiger partial charge on any atom is -0.259 e. The number of rotatable bonds is 33. The summed E-state index contributed by atoms with van der Waals surface area (Å²) in [7, 11) is 0. The van der Waals surface area contributed by atoms with Crippen LogP contribution in [0.3, 0.4) is 0 Å². The second-order valence-corrected chi connectivity index (χ2v) is 13.1. The lowest BCUT2D eigenvalue weighted by atomic mass is 10.0. The van der Waals surface area contributed by atoms with Gasteiger partial charge in [-0.25, -0.2) is 0 Å². The van der Waals surface area contributed by atoms with E-state index in [0.717, 1.165) is 6.54 Å². The van der Waals surface area contributed by atoms with Gasteiger partial charge >= 0.3 is 0 Å². The first-order chi connectivity index (χ1) is 20.4. The standard InChI is InChI=1S/C39H75N2/c1-3-5-7-9-11-13-15-17-19-20-22-24-26-28-31-35-39(41-37-33-30-34-38-41)40-36-32-29-27-25-23-21-18-16-14-12-10-8-6-4-2/h30,33-34,37-40H,3-29,31-32,35-36H2,1-2H3/q+1. The van der Waals surface area contributed by atoms with Crippen LogP contribution in [0, 0.1) is 0 Å². The lowest BCUT2D eigenvalue weighted by Crippen LogP contribution is -2.47. The predicted molar refractivity (Wildman–Crippen MR) is 184 cm³/mol. The Bertz CT molecular complexity index is 567. The normalized spacial score (nSPS) is 12.2. The Hall–Kier alpha value is -0.890. The summed E-state index contributed by atoms with van der Waals surface area (Å²) >= 11 is 0. The van der Waals surface area contributed by atoms with E-state index in [1.807, 2.05) is 0 Å². The van der Waals surface area contributed by atoms with Crippen molar-refractivity contribution in [1.82, 2.24) is 5.32 Å². The molecule has 0 amide bonds. The van der Waals surface area contributed by atoms with E-state index in [1.165, 1.54) is 193 Å². The van der Waals surface area contributed by atoms with E-state index < -0.39 is 0 Å². The van der Waals surface area contributed by atoms with Gasteiger partial charge in [-0.1, -0.05) is 193 Å². The molecule has 1 unspecified atom stereocenters. The van der Waals surface area contributed by atoms with Crippen LogP contribution >= 0.6 is 0 Å². The fourth-order valence-electron chi connectivity index (χ4n) is 6.27. The first kappa shape index (κ1) is 38.1. The van der Waals surface area contributed by atoms with Gasteiger partial charge in [0.15, 0.2) is 12.4 Å². The number of hydrogen-bond acceptors (Lipinski definition) is 1. The summed E-state index contributed by atoms with van der Waals surface area (Å²) in [6, 6.07) is 6.48. The zero-order valence-corrected chi connectivity index (χ0v) is 28.3. The molecule has 0 aliphatic heterocycles. The van der Waals surface area contributed by atoms with E-state index in [2.05, 4.69) is 54.3 Å². The molecule has 1 atom stereocenters. The van der Waals surface area contributed by atoms with Crippen molar-refractivity contribution in [2.24, 2.45) is 0 Å². The van der Waals surface area contributed by atoms with Crippen LogP contribution in [0.25, 0.3) is 0 Å². The average Bonchev–Trinajstić information content (AvgIpc) is 3.00. The van der Waals surface area contributed by atoms with Gasteiger partial charge in [0, 0.05) is 25.1 Å². The van der Waals surface area contributed by atoms with Gasteiger partial charge in [-0.05, 0) is 12.8 Å². The molecule has 2 heteroatoms. The van der Waals surface area contributed by atoms with E-state index >= 15 is 0 Å². The molecule has 0 fully saturated rings. The fourth-order valence-corrected chi connectivity index (χ4v) is 6.27. The van der Waals surface area contributed by atoms with Crippen LogP contribution in [0.1, 0.15) is 213 Å². The quantitative estimate of drug-likeness (QED) is 0.0655. The largest absolute Gasteiger partial charge is 0.259 e. The molecule has 0 aromatic carbocycles. The smallest absolute Gasteiger partial charge is 0.211 e. The van der Waals surface area contributed by atoms with Crippen LogP contribution in [0.4, 0.5) is 0 Å². The SMILES string of the molecule is CCCCCCCCCCCCCCCCCC(NCCCCCCCCCCCCCCCC)[n+]1ccccc1. The van der Waals surface area contributed by atoms with Gasteiger partial charge in [0.1, 0.15) is 0 Å². The Kier molecular flexibility index (Phi) is 29.8.